The first-order valence-corrected chi connectivity index (χ1v) is 15.6. The smallest absolute Gasteiger partial charge is 0.394 e. The Morgan fingerprint density at radius 1 is 0.500 bits per heavy atom. The lowest BCUT2D eigenvalue weighted by Gasteiger charge is -2.40. The molecule has 0 aromatic rings. The zero-order valence-electron chi connectivity index (χ0n) is 25.1. The molecule has 0 heterocycles. The highest BCUT2D eigenvalue weighted by atomic mass is 31.1. The number of ether oxygens (including phenoxy) is 4. The van der Waals surface area contributed by atoms with Gasteiger partial charge in [0.25, 0.3) is 0 Å². The van der Waals surface area contributed by atoms with Gasteiger partial charge in [0.2, 0.25) is 0 Å². The lowest BCUT2D eigenvalue weighted by molar-refractivity contribution is -0.141. The largest absolute Gasteiger partial charge is 0.701 e. The first-order valence-electron chi connectivity index (χ1n) is 14.5. The molecule has 0 spiro atoms. The summed E-state index contributed by atoms with van der Waals surface area (Å²) in [7, 11) is -2.59. The van der Waals surface area contributed by atoms with Crippen molar-refractivity contribution < 1.29 is 53.0 Å². The molecule has 240 valence electrons. The van der Waals surface area contributed by atoms with Gasteiger partial charge in [-0.2, -0.15) is 0 Å². The normalized spacial score (nSPS) is 12.7. The van der Waals surface area contributed by atoms with Gasteiger partial charge in [-0.15, -0.1) is 0 Å². The number of aliphatic hydroxyl groups is 4. The molecule has 0 saturated carbocycles. The van der Waals surface area contributed by atoms with Crippen molar-refractivity contribution in [1.29, 1.82) is 0 Å². The van der Waals surface area contributed by atoms with Crippen LogP contribution >= 0.6 is 8.25 Å². The molecule has 0 fully saturated rings. The molecule has 4 N–H and O–H groups in total. The standard InChI is InChI=1S/C26H56N2O11P/c1-5-25(6-2,27(9-17-34-21-13-29)10-18-35-22-14-30)38-40(33)39-26(7-3,8-4)28(11-19-36-23-15-31)12-20-37-24-16-32/h29-32H,5-24H2,1-4H3/q+1. The molecule has 0 atom stereocenters. The molecule has 0 amide bonds. The Morgan fingerprint density at radius 3 is 0.950 bits per heavy atom. The maximum atomic E-state index is 13.6. The summed E-state index contributed by atoms with van der Waals surface area (Å²) in [4.78, 5) is 4.03. The molecular formula is C26H56N2O11P+. The third-order valence-electron chi connectivity index (χ3n) is 6.82. The minimum Gasteiger partial charge on any atom is -0.394 e. The predicted molar refractivity (Wildman–Crippen MR) is 151 cm³/mol. The van der Waals surface area contributed by atoms with Crippen molar-refractivity contribution >= 4 is 8.25 Å². The molecule has 0 aromatic carbocycles. The van der Waals surface area contributed by atoms with Crippen LogP contribution in [0.2, 0.25) is 0 Å². The highest BCUT2D eigenvalue weighted by molar-refractivity contribution is 7.33. The van der Waals surface area contributed by atoms with Gasteiger partial charge in [0, 0.05) is 30.7 Å². The Balaban J connectivity index is 5.79. The van der Waals surface area contributed by atoms with Crippen LogP contribution in [0, 0.1) is 0 Å². The number of nitrogens with zero attached hydrogens (tertiary/aromatic N) is 2. The van der Waals surface area contributed by atoms with Crippen molar-refractivity contribution in [2.45, 2.75) is 64.8 Å². The summed E-state index contributed by atoms with van der Waals surface area (Å²) >= 11 is 0. The van der Waals surface area contributed by atoms with E-state index in [2.05, 4.69) is 0 Å². The topological polar surface area (TPSA) is 160 Å². The lowest BCUT2D eigenvalue weighted by Crippen LogP contribution is -2.53. The number of rotatable bonds is 30. The minimum absolute atomic E-state index is 0.0782. The van der Waals surface area contributed by atoms with E-state index in [4.69, 9.17) is 48.4 Å². The van der Waals surface area contributed by atoms with Gasteiger partial charge in [0.1, 0.15) is 0 Å². The van der Waals surface area contributed by atoms with Crippen LogP contribution in [0.4, 0.5) is 0 Å². The first kappa shape index (κ1) is 39.6. The maximum Gasteiger partial charge on any atom is 0.701 e. The summed E-state index contributed by atoms with van der Waals surface area (Å²) in [5.74, 6) is 0. The second-order valence-electron chi connectivity index (χ2n) is 9.03. The second-order valence-corrected chi connectivity index (χ2v) is 9.84. The van der Waals surface area contributed by atoms with Gasteiger partial charge in [0.15, 0.2) is 11.4 Å². The van der Waals surface area contributed by atoms with Crippen LogP contribution in [0.1, 0.15) is 53.4 Å². The first-order chi connectivity index (χ1) is 19.4. The predicted octanol–water partition coefficient (Wildman–Crippen LogP) is 1.35. The van der Waals surface area contributed by atoms with Gasteiger partial charge in [-0.25, -0.2) is 0 Å². The zero-order valence-corrected chi connectivity index (χ0v) is 26.0. The van der Waals surface area contributed by atoms with E-state index < -0.39 is 19.7 Å². The Labute approximate surface area is 241 Å². The number of hydrogen-bond donors (Lipinski definition) is 4. The monoisotopic (exact) mass is 603 g/mol. The summed E-state index contributed by atoms with van der Waals surface area (Å²) in [6.45, 7) is 11.6. The highest BCUT2D eigenvalue weighted by Crippen LogP contribution is 2.43. The van der Waals surface area contributed by atoms with E-state index >= 15 is 0 Å². The molecule has 0 bridgehead atoms. The highest BCUT2D eigenvalue weighted by Gasteiger charge is 2.50. The zero-order chi connectivity index (χ0) is 30.1. The van der Waals surface area contributed by atoms with Crippen LogP contribution in [0.3, 0.4) is 0 Å². The fraction of sp³-hybridized carbons (Fsp3) is 1.00. The van der Waals surface area contributed by atoms with E-state index in [1.54, 1.807) is 0 Å². The molecule has 0 aliphatic carbocycles. The molecule has 0 radical (unpaired) electrons. The van der Waals surface area contributed by atoms with Crippen LogP contribution in [0.25, 0.3) is 0 Å². The van der Waals surface area contributed by atoms with Crippen molar-refractivity contribution in [3.8, 4) is 0 Å². The van der Waals surface area contributed by atoms with E-state index in [0.717, 1.165) is 0 Å². The third-order valence-corrected chi connectivity index (χ3v) is 7.79. The van der Waals surface area contributed by atoms with Gasteiger partial charge >= 0.3 is 8.25 Å². The van der Waals surface area contributed by atoms with Crippen molar-refractivity contribution in [2.75, 3.05) is 105 Å². The fourth-order valence-electron chi connectivity index (χ4n) is 4.47. The summed E-state index contributed by atoms with van der Waals surface area (Å²) in [6, 6.07) is 0. The molecule has 0 aromatic heterocycles. The van der Waals surface area contributed by atoms with Crippen LogP contribution in [0.15, 0.2) is 0 Å². The number of aliphatic hydroxyl groups excluding tert-OH is 4. The Kier molecular flexibility index (Phi) is 24.9. The SMILES string of the molecule is CCC(CC)(O[P+](=O)OC(CC)(CC)N(CCOCCO)CCOCCO)N(CCOCCO)CCOCCO. The molecule has 0 rings (SSSR count). The molecule has 0 aliphatic heterocycles. The minimum atomic E-state index is -2.59. The number of hydrogen-bond acceptors (Lipinski definition) is 13. The van der Waals surface area contributed by atoms with Crippen LogP contribution in [0.5, 0.6) is 0 Å². The van der Waals surface area contributed by atoms with Crippen molar-refractivity contribution in [1.82, 2.24) is 9.80 Å². The Morgan fingerprint density at radius 2 is 0.750 bits per heavy atom. The van der Waals surface area contributed by atoms with E-state index in [0.29, 0.717) is 78.3 Å². The van der Waals surface area contributed by atoms with E-state index in [-0.39, 0.29) is 52.9 Å². The molecule has 14 heteroatoms. The van der Waals surface area contributed by atoms with Gasteiger partial charge in [0.05, 0.1) is 79.3 Å². The summed E-state index contributed by atoms with van der Waals surface area (Å²) in [5.41, 5.74) is -1.85. The van der Waals surface area contributed by atoms with Gasteiger partial charge in [-0.05, 0) is 25.7 Å². The Bertz CT molecular complexity index is 527. The average molecular weight is 604 g/mol. The molecule has 40 heavy (non-hydrogen) atoms. The Hall–Kier alpha value is -0.380. The van der Waals surface area contributed by atoms with Gasteiger partial charge in [-0.3, -0.25) is 9.80 Å². The molecule has 0 saturated heterocycles. The summed E-state index contributed by atoms with van der Waals surface area (Å²) in [5, 5.41) is 36.2. The summed E-state index contributed by atoms with van der Waals surface area (Å²) in [6.07, 6.45) is 2.08. The van der Waals surface area contributed by atoms with E-state index in [9.17, 15) is 4.57 Å². The average Bonchev–Trinajstić information content (AvgIpc) is 2.97. The van der Waals surface area contributed by atoms with Crippen molar-refractivity contribution in [3.05, 3.63) is 0 Å². The summed E-state index contributed by atoms with van der Waals surface area (Å²) < 4.78 is 48.1. The molecular weight excluding hydrogens is 547 g/mol. The van der Waals surface area contributed by atoms with Crippen molar-refractivity contribution in [3.63, 3.8) is 0 Å². The molecule has 0 unspecified atom stereocenters. The van der Waals surface area contributed by atoms with Gasteiger partial charge in [-0.1, -0.05) is 36.7 Å². The van der Waals surface area contributed by atoms with E-state index in [1.807, 2.05) is 37.5 Å². The fourth-order valence-corrected chi connectivity index (χ4v) is 5.81. The molecule has 13 nitrogen and oxygen atoms in total. The molecule has 0 aliphatic rings. The third kappa shape index (κ3) is 15.2. The van der Waals surface area contributed by atoms with Crippen LogP contribution in [-0.2, 0) is 32.6 Å². The van der Waals surface area contributed by atoms with Gasteiger partial charge < -0.3 is 39.4 Å². The van der Waals surface area contributed by atoms with E-state index in [1.165, 1.54) is 0 Å². The van der Waals surface area contributed by atoms with Crippen LogP contribution in [-0.4, -0.2) is 147 Å². The second kappa shape index (κ2) is 25.1. The van der Waals surface area contributed by atoms with Crippen LogP contribution < -0.4 is 0 Å². The van der Waals surface area contributed by atoms with Crippen molar-refractivity contribution in [2.24, 2.45) is 0 Å². The quantitative estimate of drug-likeness (QED) is 0.0530. The maximum absolute atomic E-state index is 13.6. The lowest BCUT2D eigenvalue weighted by atomic mass is 10.1.